The zero-order chi connectivity index (χ0) is 14.4. The molecule has 1 heterocycles. The molecule has 20 heavy (non-hydrogen) atoms. The van der Waals surface area contributed by atoms with Gasteiger partial charge in [0.2, 0.25) is 0 Å². The Kier molecular flexibility index (Phi) is 5.51. The van der Waals surface area contributed by atoms with Gasteiger partial charge in [-0.25, -0.2) is 4.98 Å². The van der Waals surface area contributed by atoms with Crippen molar-refractivity contribution in [3.63, 3.8) is 0 Å². The zero-order valence-electron chi connectivity index (χ0n) is 10.9. The molecular formula is C13H14BrN3O2S. The van der Waals surface area contributed by atoms with Crippen molar-refractivity contribution in [1.82, 2.24) is 10.3 Å². The molecule has 2 rings (SSSR count). The van der Waals surface area contributed by atoms with E-state index < -0.39 is 0 Å². The van der Waals surface area contributed by atoms with E-state index in [0.717, 1.165) is 14.6 Å². The van der Waals surface area contributed by atoms with Crippen LogP contribution in [0.1, 0.15) is 10.4 Å². The van der Waals surface area contributed by atoms with Crippen molar-refractivity contribution in [3.8, 4) is 0 Å². The first kappa shape index (κ1) is 15.0. The van der Waals surface area contributed by atoms with E-state index in [0.29, 0.717) is 18.7 Å². The molecule has 0 aliphatic carbocycles. The number of ether oxygens (including phenoxy) is 1. The van der Waals surface area contributed by atoms with Gasteiger partial charge in [-0.05, 0) is 34.1 Å². The van der Waals surface area contributed by atoms with Crippen LogP contribution in [0.5, 0.6) is 0 Å². The van der Waals surface area contributed by atoms with Crippen LogP contribution in [-0.2, 0) is 4.74 Å². The van der Waals surface area contributed by atoms with E-state index in [2.05, 4.69) is 31.5 Å². The second-order valence-electron chi connectivity index (χ2n) is 3.92. The molecule has 0 saturated heterocycles. The van der Waals surface area contributed by atoms with E-state index in [4.69, 9.17) is 4.74 Å². The summed E-state index contributed by atoms with van der Waals surface area (Å²) in [6.45, 7) is 0.989. The van der Waals surface area contributed by atoms with E-state index in [1.807, 2.05) is 12.1 Å². The summed E-state index contributed by atoms with van der Waals surface area (Å²) in [4.78, 5) is 16.1. The number of rotatable bonds is 6. The lowest BCUT2D eigenvalue weighted by Gasteiger charge is -2.07. The molecule has 1 aromatic heterocycles. The number of thiazole rings is 1. The molecular weight excluding hydrogens is 342 g/mol. The second kappa shape index (κ2) is 7.37. The highest BCUT2D eigenvalue weighted by molar-refractivity contribution is 9.11. The molecule has 0 unspecified atom stereocenters. The molecule has 0 bridgehead atoms. The number of halogens is 1. The molecule has 0 spiro atoms. The van der Waals surface area contributed by atoms with Gasteiger partial charge >= 0.3 is 0 Å². The lowest BCUT2D eigenvalue weighted by Crippen LogP contribution is -2.26. The lowest BCUT2D eigenvalue weighted by molar-refractivity contribution is 0.0937. The van der Waals surface area contributed by atoms with Gasteiger partial charge in [0.1, 0.15) is 0 Å². The average molecular weight is 356 g/mol. The van der Waals surface area contributed by atoms with Crippen LogP contribution in [0.15, 0.2) is 34.2 Å². The smallest absolute Gasteiger partial charge is 0.251 e. The minimum Gasteiger partial charge on any atom is -0.383 e. The van der Waals surface area contributed by atoms with Gasteiger partial charge in [0.15, 0.2) is 5.13 Å². The number of amides is 1. The number of carbonyl (C=O) groups is 1. The zero-order valence-corrected chi connectivity index (χ0v) is 13.3. The Labute approximate surface area is 129 Å². The standard InChI is InChI=1S/C13H14BrN3O2S/c1-19-6-5-15-12(18)9-3-2-4-10(7-9)17-13-16-8-11(14)20-13/h2-4,7-8H,5-6H2,1H3,(H,15,18)(H,16,17). The molecule has 1 aromatic carbocycles. The fourth-order valence-electron chi connectivity index (χ4n) is 1.54. The molecule has 0 aliphatic rings. The van der Waals surface area contributed by atoms with E-state index in [-0.39, 0.29) is 5.91 Å². The van der Waals surface area contributed by atoms with Crippen molar-refractivity contribution in [2.75, 3.05) is 25.6 Å². The third-order valence-corrected chi connectivity index (χ3v) is 3.84. The molecule has 0 saturated carbocycles. The summed E-state index contributed by atoms with van der Waals surface area (Å²) in [6.07, 6.45) is 1.73. The molecule has 0 aliphatic heterocycles. The van der Waals surface area contributed by atoms with Crippen LogP contribution in [0, 0.1) is 0 Å². The Morgan fingerprint density at radius 1 is 1.50 bits per heavy atom. The number of nitrogens with one attached hydrogen (secondary N) is 2. The third kappa shape index (κ3) is 4.29. The van der Waals surface area contributed by atoms with E-state index in [9.17, 15) is 4.79 Å². The average Bonchev–Trinajstić information content (AvgIpc) is 2.84. The van der Waals surface area contributed by atoms with Gasteiger partial charge in [-0.1, -0.05) is 17.4 Å². The number of hydrogen-bond acceptors (Lipinski definition) is 5. The third-order valence-electron chi connectivity index (χ3n) is 2.45. The quantitative estimate of drug-likeness (QED) is 0.781. The van der Waals surface area contributed by atoms with E-state index in [1.165, 1.54) is 11.3 Å². The summed E-state index contributed by atoms with van der Waals surface area (Å²) < 4.78 is 5.85. The summed E-state index contributed by atoms with van der Waals surface area (Å²) in [5.41, 5.74) is 1.42. The Hall–Kier alpha value is -1.44. The number of carbonyl (C=O) groups excluding carboxylic acids is 1. The van der Waals surface area contributed by atoms with Crippen molar-refractivity contribution < 1.29 is 9.53 Å². The topological polar surface area (TPSA) is 63.2 Å². The number of hydrogen-bond donors (Lipinski definition) is 2. The molecule has 5 nitrogen and oxygen atoms in total. The van der Waals surface area contributed by atoms with Crippen LogP contribution in [0.3, 0.4) is 0 Å². The Morgan fingerprint density at radius 2 is 2.35 bits per heavy atom. The molecule has 0 radical (unpaired) electrons. The van der Waals surface area contributed by atoms with E-state index >= 15 is 0 Å². The van der Waals surface area contributed by atoms with Gasteiger partial charge < -0.3 is 15.4 Å². The maximum atomic E-state index is 11.9. The molecule has 1 amide bonds. The van der Waals surface area contributed by atoms with Crippen LogP contribution in [0.25, 0.3) is 0 Å². The number of anilines is 2. The summed E-state index contributed by atoms with van der Waals surface area (Å²) in [5.74, 6) is -0.119. The van der Waals surface area contributed by atoms with Crippen LogP contribution in [0.2, 0.25) is 0 Å². The normalized spacial score (nSPS) is 10.3. The fourth-order valence-corrected chi connectivity index (χ4v) is 2.67. The summed E-state index contributed by atoms with van der Waals surface area (Å²) in [7, 11) is 1.60. The minimum absolute atomic E-state index is 0.119. The van der Waals surface area contributed by atoms with Crippen molar-refractivity contribution in [3.05, 3.63) is 39.8 Å². The van der Waals surface area contributed by atoms with Crippen LogP contribution in [0.4, 0.5) is 10.8 Å². The Bertz CT molecular complexity index is 589. The van der Waals surface area contributed by atoms with Crippen molar-refractivity contribution in [2.24, 2.45) is 0 Å². The number of benzene rings is 1. The van der Waals surface area contributed by atoms with Crippen LogP contribution in [-0.4, -0.2) is 31.2 Å². The van der Waals surface area contributed by atoms with Gasteiger partial charge in [-0.2, -0.15) is 0 Å². The summed E-state index contributed by atoms with van der Waals surface area (Å²) in [5, 5.41) is 6.71. The van der Waals surface area contributed by atoms with Gasteiger partial charge in [-0.3, -0.25) is 4.79 Å². The fraction of sp³-hybridized carbons (Fsp3) is 0.231. The summed E-state index contributed by atoms with van der Waals surface area (Å²) >= 11 is 4.85. The predicted octanol–water partition coefficient (Wildman–Crippen LogP) is 3.03. The monoisotopic (exact) mass is 355 g/mol. The largest absolute Gasteiger partial charge is 0.383 e. The first-order valence-corrected chi connectivity index (χ1v) is 7.55. The van der Waals surface area contributed by atoms with E-state index in [1.54, 1.807) is 25.4 Å². The van der Waals surface area contributed by atoms with Crippen LogP contribution < -0.4 is 10.6 Å². The van der Waals surface area contributed by atoms with Crippen molar-refractivity contribution >= 4 is 44.0 Å². The molecule has 7 heteroatoms. The first-order chi connectivity index (χ1) is 9.69. The van der Waals surface area contributed by atoms with Crippen molar-refractivity contribution in [1.29, 1.82) is 0 Å². The minimum atomic E-state index is -0.119. The molecule has 2 aromatic rings. The van der Waals surface area contributed by atoms with Gasteiger partial charge in [0.25, 0.3) is 5.91 Å². The molecule has 0 fully saturated rings. The Balaban J connectivity index is 2.02. The highest BCUT2D eigenvalue weighted by Crippen LogP contribution is 2.26. The first-order valence-electron chi connectivity index (χ1n) is 5.94. The number of nitrogens with zero attached hydrogens (tertiary/aromatic N) is 1. The molecule has 2 N–H and O–H groups in total. The molecule has 0 atom stereocenters. The Morgan fingerprint density at radius 3 is 3.05 bits per heavy atom. The second-order valence-corrected chi connectivity index (χ2v) is 6.33. The number of methoxy groups -OCH3 is 1. The van der Waals surface area contributed by atoms with Gasteiger partial charge in [0, 0.05) is 24.9 Å². The number of aromatic nitrogens is 1. The predicted molar refractivity (Wildman–Crippen MR) is 83.7 cm³/mol. The highest BCUT2D eigenvalue weighted by Gasteiger charge is 2.06. The SMILES string of the molecule is COCCNC(=O)c1cccc(Nc2ncc(Br)s2)c1. The lowest BCUT2D eigenvalue weighted by atomic mass is 10.2. The van der Waals surface area contributed by atoms with Crippen LogP contribution >= 0.6 is 27.3 Å². The highest BCUT2D eigenvalue weighted by atomic mass is 79.9. The van der Waals surface area contributed by atoms with Gasteiger partial charge in [0.05, 0.1) is 16.6 Å². The maximum absolute atomic E-state index is 11.9. The summed E-state index contributed by atoms with van der Waals surface area (Å²) in [6, 6.07) is 7.28. The van der Waals surface area contributed by atoms with Gasteiger partial charge in [-0.15, -0.1) is 0 Å². The molecule has 106 valence electrons. The van der Waals surface area contributed by atoms with Crippen molar-refractivity contribution in [2.45, 2.75) is 0 Å². The maximum Gasteiger partial charge on any atom is 0.251 e.